The van der Waals surface area contributed by atoms with E-state index in [1.807, 2.05) is 0 Å². The van der Waals surface area contributed by atoms with Crippen molar-refractivity contribution in [3.8, 4) is 0 Å². The molecular weight excluding hydrogens is 353 g/mol. The van der Waals surface area contributed by atoms with Crippen molar-refractivity contribution >= 4 is 10.9 Å². The van der Waals surface area contributed by atoms with Gasteiger partial charge in [0.25, 0.3) is 0 Å². The van der Waals surface area contributed by atoms with Crippen LogP contribution in [0.5, 0.6) is 0 Å². The van der Waals surface area contributed by atoms with Gasteiger partial charge in [-0.2, -0.15) is 4.39 Å². The van der Waals surface area contributed by atoms with Gasteiger partial charge in [0.1, 0.15) is 5.60 Å². The van der Waals surface area contributed by atoms with Crippen LogP contribution < -0.4 is 0 Å². The number of fused-ring (bicyclic) bond motifs is 5. The summed E-state index contributed by atoms with van der Waals surface area (Å²) >= 11 is 0. The monoisotopic (exact) mass is 379 g/mol. The predicted molar refractivity (Wildman–Crippen MR) is 108 cm³/mol. The Hall–Kier alpha value is -2.24. The van der Waals surface area contributed by atoms with Crippen molar-refractivity contribution in [1.82, 2.24) is 14.5 Å². The molecule has 0 saturated carbocycles. The Labute approximate surface area is 164 Å². The van der Waals surface area contributed by atoms with Crippen molar-refractivity contribution in [3.63, 3.8) is 0 Å². The van der Waals surface area contributed by atoms with Crippen molar-refractivity contribution in [2.45, 2.75) is 51.3 Å². The summed E-state index contributed by atoms with van der Waals surface area (Å²) in [6.07, 6.45) is 4.85. The van der Waals surface area contributed by atoms with Gasteiger partial charge in [0.15, 0.2) is 0 Å². The second-order valence-corrected chi connectivity index (χ2v) is 8.55. The number of halogens is 1. The van der Waals surface area contributed by atoms with E-state index in [1.165, 1.54) is 59.4 Å². The fourth-order valence-electron chi connectivity index (χ4n) is 5.18. The third-order valence-corrected chi connectivity index (χ3v) is 6.52. The zero-order chi connectivity index (χ0) is 19.5. The molecule has 2 aliphatic heterocycles. The molecule has 1 N–H and O–H groups in total. The second-order valence-electron chi connectivity index (χ2n) is 8.55. The highest BCUT2D eigenvalue weighted by atomic mass is 19.1. The normalized spacial score (nSPS) is 21.5. The Balaban J connectivity index is 1.66. The summed E-state index contributed by atoms with van der Waals surface area (Å²) in [6.45, 7) is 6.54. The molecule has 2 atom stereocenters. The molecule has 1 fully saturated rings. The smallest absolute Gasteiger partial charge is 0.213 e. The Bertz CT molecular complexity index is 1060. The van der Waals surface area contributed by atoms with Crippen LogP contribution in [0.2, 0.25) is 0 Å². The van der Waals surface area contributed by atoms with Gasteiger partial charge in [0.05, 0.1) is 6.54 Å². The first-order chi connectivity index (χ1) is 13.4. The first-order valence-electron chi connectivity index (χ1n) is 10.1. The number of hydrogen-bond acceptors (Lipinski definition) is 3. The van der Waals surface area contributed by atoms with E-state index in [-0.39, 0.29) is 0 Å². The quantitative estimate of drug-likeness (QED) is 0.697. The number of pyridine rings is 1. The molecule has 5 heteroatoms. The van der Waals surface area contributed by atoms with Crippen LogP contribution in [0, 0.1) is 12.9 Å². The zero-order valence-electron chi connectivity index (χ0n) is 16.5. The van der Waals surface area contributed by atoms with Gasteiger partial charge in [-0.05, 0) is 68.6 Å². The SMILES string of the molecule is Cc1ccc2c(c1)c1c(n2CC(C)(O)c2ccnc(F)c2)CCN2CCCC12. The highest BCUT2D eigenvalue weighted by Gasteiger charge is 2.36. The molecule has 4 heterocycles. The average molecular weight is 379 g/mol. The molecule has 146 valence electrons. The van der Waals surface area contributed by atoms with Gasteiger partial charge in [0, 0.05) is 41.8 Å². The number of benzene rings is 1. The molecule has 3 aromatic rings. The molecule has 2 unspecified atom stereocenters. The second kappa shape index (κ2) is 6.39. The average Bonchev–Trinajstić information content (AvgIpc) is 3.24. The maximum atomic E-state index is 13.7. The lowest BCUT2D eigenvalue weighted by Crippen LogP contribution is -2.33. The largest absolute Gasteiger partial charge is 0.384 e. The van der Waals surface area contributed by atoms with Crippen molar-refractivity contribution < 1.29 is 9.50 Å². The van der Waals surface area contributed by atoms with Gasteiger partial charge in [-0.15, -0.1) is 0 Å². The lowest BCUT2D eigenvalue weighted by Gasteiger charge is -2.32. The molecule has 0 amide bonds. The summed E-state index contributed by atoms with van der Waals surface area (Å²) in [7, 11) is 0. The molecular formula is C23H26FN3O. The molecule has 0 bridgehead atoms. The number of rotatable bonds is 3. The highest BCUT2D eigenvalue weighted by Crippen LogP contribution is 2.44. The molecule has 1 saturated heterocycles. The van der Waals surface area contributed by atoms with E-state index in [2.05, 4.69) is 39.6 Å². The van der Waals surface area contributed by atoms with E-state index >= 15 is 0 Å². The summed E-state index contributed by atoms with van der Waals surface area (Å²) < 4.78 is 15.9. The van der Waals surface area contributed by atoms with E-state index in [1.54, 1.807) is 13.0 Å². The van der Waals surface area contributed by atoms with Gasteiger partial charge < -0.3 is 9.67 Å². The maximum absolute atomic E-state index is 13.7. The minimum absolute atomic E-state index is 0.401. The lowest BCUT2D eigenvalue weighted by molar-refractivity contribution is 0.0379. The number of aryl methyl sites for hydroxylation is 1. The third-order valence-electron chi connectivity index (χ3n) is 6.52. The van der Waals surface area contributed by atoms with Gasteiger partial charge in [-0.3, -0.25) is 4.90 Å². The third kappa shape index (κ3) is 2.76. The first-order valence-corrected chi connectivity index (χ1v) is 10.1. The fraction of sp³-hybridized carbons (Fsp3) is 0.435. The predicted octanol–water partition coefficient (Wildman–Crippen LogP) is 4.08. The molecule has 2 aromatic heterocycles. The minimum Gasteiger partial charge on any atom is -0.384 e. The fourth-order valence-corrected chi connectivity index (χ4v) is 5.18. The van der Waals surface area contributed by atoms with Crippen molar-refractivity contribution in [2.75, 3.05) is 13.1 Å². The standard InChI is InChI=1S/C23H26FN3O/c1-15-5-6-18-17(12-15)22-19-4-3-10-26(19)11-8-20(22)27(18)14-23(2,28)16-7-9-25-21(24)13-16/h5-7,9,12-13,19,28H,3-4,8,10-11,14H2,1-2H3. The number of hydrogen-bond donors (Lipinski definition) is 1. The van der Waals surface area contributed by atoms with E-state index < -0.39 is 11.5 Å². The van der Waals surface area contributed by atoms with Crippen LogP contribution in [-0.4, -0.2) is 32.6 Å². The Morgan fingerprint density at radius 3 is 2.93 bits per heavy atom. The molecule has 1 aromatic carbocycles. The van der Waals surface area contributed by atoms with Crippen molar-refractivity contribution in [3.05, 3.63) is 64.9 Å². The Morgan fingerprint density at radius 1 is 1.25 bits per heavy atom. The number of nitrogens with zero attached hydrogens (tertiary/aromatic N) is 3. The van der Waals surface area contributed by atoms with Gasteiger partial charge >= 0.3 is 0 Å². The molecule has 0 spiro atoms. The van der Waals surface area contributed by atoms with Crippen LogP contribution in [0.1, 0.15) is 48.2 Å². The van der Waals surface area contributed by atoms with E-state index in [0.29, 0.717) is 18.2 Å². The molecule has 4 nitrogen and oxygen atoms in total. The molecule has 5 rings (SSSR count). The van der Waals surface area contributed by atoms with Crippen LogP contribution in [-0.2, 0) is 18.6 Å². The first kappa shape index (κ1) is 17.8. The zero-order valence-corrected chi connectivity index (χ0v) is 16.5. The Kier molecular flexibility index (Phi) is 4.07. The molecule has 2 aliphatic rings. The lowest BCUT2D eigenvalue weighted by atomic mass is 9.94. The van der Waals surface area contributed by atoms with Crippen LogP contribution in [0.15, 0.2) is 36.5 Å². The summed E-state index contributed by atoms with van der Waals surface area (Å²) in [4.78, 5) is 6.23. The molecule has 0 aliphatic carbocycles. The van der Waals surface area contributed by atoms with Crippen LogP contribution >= 0.6 is 0 Å². The van der Waals surface area contributed by atoms with Gasteiger partial charge in [0.2, 0.25) is 5.95 Å². The summed E-state index contributed by atoms with van der Waals surface area (Å²) in [5.41, 5.74) is 4.57. The molecule has 0 radical (unpaired) electrons. The van der Waals surface area contributed by atoms with Gasteiger partial charge in [-0.1, -0.05) is 11.6 Å². The highest BCUT2D eigenvalue weighted by molar-refractivity contribution is 5.87. The number of aliphatic hydroxyl groups is 1. The van der Waals surface area contributed by atoms with Crippen LogP contribution in [0.25, 0.3) is 10.9 Å². The van der Waals surface area contributed by atoms with E-state index in [4.69, 9.17) is 0 Å². The maximum Gasteiger partial charge on any atom is 0.213 e. The summed E-state index contributed by atoms with van der Waals surface area (Å²) in [6, 6.07) is 10.1. The van der Waals surface area contributed by atoms with Crippen molar-refractivity contribution in [2.24, 2.45) is 0 Å². The van der Waals surface area contributed by atoms with E-state index in [9.17, 15) is 9.50 Å². The number of aromatic nitrogens is 2. The molecule has 28 heavy (non-hydrogen) atoms. The van der Waals surface area contributed by atoms with Crippen LogP contribution in [0.3, 0.4) is 0 Å². The van der Waals surface area contributed by atoms with Crippen LogP contribution in [0.4, 0.5) is 4.39 Å². The minimum atomic E-state index is -1.18. The summed E-state index contributed by atoms with van der Waals surface area (Å²) in [5, 5.41) is 12.6. The Morgan fingerprint density at radius 2 is 2.11 bits per heavy atom. The van der Waals surface area contributed by atoms with Crippen molar-refractivity contribution in [1.29, 1.82) is 0 Å². The summed E-state index contributed by atoms with van der Waals surface area (Å²) in [5.74, 6) is -0.561. The van der Waals surface area contributed by atoms with E-state index in [0.717, 1.165) is 13.0 Å². The topological polar surface area (TPSA) is 41.3 Å². The van der Waals surface area contributed by atoms with Gasteiger partial charge in [-0.25, -0.2) is 4.98 Å².